The Balaban J connectivity index is 1.43. The minimum absolute atomic E-state index is 0.146. The van der Waals surface area contributed by atoms with Crippen molar-refractivity contribution in [1.29, 1.82) is 0 Å². The quantitative estimate of drug-likeness (QED) is 0.565. The van der Waals surface area contributed by atoms with Crippen LogP contribution in [0.5, 0.6) is 0 Å². The Kier molecular flexibility index (Phi) is 6.29. The van der Waals surface area contributed by atoms with Gasteiger partial charge in [0, 0.05) is 50.6 Å². The van der Waals surface area contributed by atoms with Crippen LogP contribution in [0.15, 0.2) is 24.3 Å². The normalized spacial score (nSPS) is 16.9. The number of hydrogen-bond acceptors (Lipinski definition) is 6. The average Bonchev–Trinajstić information content (AvgIpc) is 3.21. The Hall–Kier alpha value is -2.58. The average molecular weight is 468 g/mol. The van der Waals surface area contributed by atoms with Crippen molar-refractivity contribution < 1.29 is 9.18 Å². The number of thiophene rings is 1. The van der Waals surface area contributed by atoms with Crippen LogP contribution in [0.2, 0.25) is 0 Å². The summed E-state index contributed by atoms with van der Waals surface area (Å²) in [6, 6.07) is 6.22. The SMILES string of the molecule is CCCc1nc(N2CCN(C(=O)c3ccccc3F)CC2)c2c3c(sc2n1)CN(CC)CC3. The van der Waals surface area contributed by atoms with Crippen LogP contribution < -0.4 is 4.90 Å². The lowest BCUT2D eigenvalue weighted by Gasteiger charge is -2.36. The monoisotopic (exact) mass is 467 g/mol. The van der Waals surface area contributed by atoms with E-state index in [1.54, 1.807) is 23.1 Å². The Morgan fingerprint density at radius 2 is 1.88 bits per heavy atom. The summed E-state index contributed by atoms with van der Waals surface area (Å²) in [5.41, 5.74) is 1.55. The summed E-state index contributed by atoms with van der Waals surface area (Å²) in [6.45, 7) is 9.95. The van der Waals surface area contributed by atoms with Gasteiger partial charge >= 0.3 is 0 Å². The number of benzene rings is 1. The Labute approximate surface area is 198 Å². The number of likely N-dealkylation sites (N-methyl/N-ethyl adjacent to an activating group) is 1. The Morgan fingerprint density at radius 1 is 1.09 bits per heavy atom. The van der Waals surface area contributed by atoms with Crippen molar-refractivity contribution in [2.24, 2.45) is 0 Å². The lowest BCUT2D eigenvalue weighted by atomic mass is 10.0. The number of halogens is 1. The third-order valence-corrected chi connectivity index (χ3v) is 7.81. The van der Waals surface area contributed by atoms with E-state index in [1.165, 1.54) is 21.9 Å². The van der Waals surface area contributed by atoms with Gasteiger partial charge in [-0.25, -0.2) is 14.4 Å². The number of nitrogens with zero attached hydrogens (tertiary/aromatic N) is 5. The molecule has 174 valence electrons. The molecular formula is C25H30FN5OS. The molecule has 0 atom stereocenters. The maximum absolute atomic E-state index is 14.1. The van der Waals surface area contributed by atoms with E-state index in [1.807, 2.05) is 11.3 Å². The molecule has 0 spiro atoms. The first-order chi connectivity index (χ1) is 16.1. The minimum Gasteiger partial charge on any atom is -0.352 e. The van der Waals surface area contributed by atoms with E-state index in [4.69, 9.17) is 9.97 Å². The molecule has 0 bridgehead atoms. The molecular weight excluding hydrogens is 437 g/mol. The number of amides is 1. The number of carbonyl (C=O) groups is 1. The van der Waals surface area contributed by atoms with E-state index in [9.17, 15) is 9.18 Å². The Bertz CT molecular complexity index is 1170. The maximum atomic E-state index is 14.1. The molecule has 1 aromatic carbocycles. The fourth-order valence-electron chi connectivity index (χ4n) is 4.83. The van der Waals surface area contributed by atoms with Crippen LogP contribution >= 0.6 is 11.3 Å². The molecule has 5 rings (SSSR count). The second-order valence-electron chi connectivity index (χ2n) is 8.78. The molecule has 0 radical (unpaired) electrons. The topological polar surface area (TPSA) is 52.6 Å². The first kappa shape index (κ1) is 22.2. The van der Waals surface area contributed by atoms with Gasteiger partial charge in [0.1, 0.15) is 22.3 Å². The molecule has 2 aromatic heterocycles. The third-order valence-electron chi connectivity index (χ3n) is 6.70. The lowest BCUT2D eigenvalue weighted by Crippen LogP contribution is -2.49. The van der Waals surface area contributed by atoms with E-state index in [-0.39, 0.29) is 11.5 Å². The molecule has 0 unspecified atom stereocenters. The van der Waals surface area contributed by atoms with Crippen LogP contribution in [-0.2, 0) is 19.4 Å². The zero-order valence-electron chi connectivity index (χ0n) is 19.3. The van der Waals surface area contributed by atoms with Gasteiger partial charge in [-0.3, -0.25) is 9.69 Å². The van der Waals surface area contributed by atoms with Crippen molar-refractivity contribution >= 4 is 33.3 Å². The lowest BCUT2D eigenvalue weighted by molar-refractivity contribution is 0.0742. The van der Waals surface area contributed by atoms with Crippen molar-refractivity contribution in [3.8, 4) is 0 Å². The van der Waals surface area contributed by atoms with E-state index in [0.29, 0.717) is 26.2 Å². The number of aryl methyl sites for hydroxylation is 1. The first-order valence-electron chi connectivity index (χ1n) is 11.9. The first-order valence-corrected chi connectivity index (χ1v) is 12.7. The molecule has 0 N–H and O–H groups in total. The molecule has 2 aliphatic rings. The van der Waals surface area contributed by atoms with Gasteiger partial charge in [0.05, 0.1) is 10.9 Å². The predicted octanol–water partition coefficient (Wildman–Crippen LogP) is 4.12. The molecule has 33 heavy (non-hydrogen) atoms. The summed E-state index contributed by atoms with van der Waals surface area (Å²) in [5, 5.41) is 1.21. The van der Waals surface area contributed by atoms with Gasteiger partial charge in [-0.1, -0.05) is 26.0 Å². The van der Waals surface area contributed by atoms with Crippen LogP contribution in [0.1, 0.15) is 46.9 Å². The smallest absolute Gasteiger partial charge is 0.256 e. The van der Waals surface area contributed by atoms with Gasteiger partial charge < -0.3 is 9.80 Å². The fourth-order valence-corrected chi connectivity index (χ4v) is 6.11. The number of rotatable bonds is 5. The molecule has 0 aliphatic carbocycles. The van der Waals surface area contributed by atoms with E-state index >= 15 is 0 Å². The van der Waals surface area contributed by atoms with Gasteiger partial charge in [-0.2, -0.15) is 0 Å². The van der Waals surface area contributed by atoms with Gasteiger partial charge in [0.15, 0.2) is 0 Å². The summed E-state index contributed by atoms with van der Waals surface area (Å²) in [5.74, 6) is 1.22. The molecule has 0 saturated carbocycles. The molecule has 6 nitrogen and oxygen atoms in total. The number of anilines is 1. The molecule has 4 heterocycles. The molecule has 1 amide bonds. The number of piperazine rings is 1. The van der Waals surface area contributed by atoms with Crippen LogP contribution in [-0.4, -0.2) is 64.9 Å². The van der Waals surface area contributed by atoms with Crippen LogP contribution in [0.4, 0.5) is 10.2 Å². The number of hydrogen-bond donors (Lipinski definition) is 0. The second-order valence-corrected chi connectivity index (χ2v) is 9.86. The van der Waals surface area contributed by atoms with Crippen molar-refractivity contribution in [3.05, 3.63) is 51.9 Å². The summed E-state index contributed by atoms with van der Waals surface area (Å²) in [6.07, 6.45) is 2.89. The maximum Gasteiger partial charge on any atom is 0.256 e. The Morgan fingerprint density at radius 3 is 2.61 bits per heavy atom. The van der Waals surface area contributed by atoms with E-state index in [0.717, 1.165) is 55.4 Å². The van der Waals surface area contributed by atoms with Crippen molar-refractivity contribution in [2.75, 3.05) is 44.2 Å². The standard InChI is InChI=1S/C25H30FN5OS/c1-3-7-21-27-23(22-18-10-11-29(4-2)16-20(18)33-24(22)28-21)30-12-14-31(15-13-30)25(32)17-8-5-6-9-19(17)26/h5-6,8-9H,3-4,7,10-16H2,1-2H3. The highest BCUT2D eigenvalue weighted by molar-refractivity contribution is 7.19. The van der Waals surface area contributed by atoms with Crippen molar-refractivity contribution in [1.82, 2.24) is 19.8 Å². The zero-order chi connectivity index (χ0) is 22.9. The van der Waals surface area contributed by atoms with Crippen molar-refractivity contribution in [2.45, 2.75) is 39.7 Å². The summed E-state index contributed by atoms with van der Waals surface area (Å²) < 4.78 is 14.1. The van der Waals surface area contributed by atoms with Crippen LogP contribution in [0.25, 0.3) is 10.2 Å². The highest BCUT2D eigenvalue weighted by Crippen LogP contribution is 2.39. The van der Waals surface area contributed by atoms with Gasteiger partial charge in [-0.05, 0) is 37.1 Å². The molecule has 8 heteroatoms. The molecule has 1 saturated heterocycles. The largest absolute Gasteiger partial charge is 0.352 e. The van der Waals surface area contributed by atoms with E-state index in [2.05, 4.69) is 23.6 Å². The second kappa shape index (κ2) is 9.35. The van der Waals surface area contributed by atoms with Gasteiger partial charge in [0.25, 0.3) is 5.91 Å². The molecule has 3 aromatic rings. The zero-order valence-corrected chi connectivity index (χ0v) is 20.1. The summed E-state index contributed by atoms with van der Waals surface area (Å²) in [4.78, 5) is 31.8. The number of aromatic nitrogens is 2. The summed E-state index contributed by atoms with van der Waals surface area (Å²) in [7, 11) is 0. The number of fused-ring (bicyclic) bond motifs is 3. The van der Waals surface area contributed by atoms with E-state index < -0.39 is 5.82 Å². The fraction of sp³-hybridized carbons (Fsp3) is 0.480. The molecule has 1 fully saturated rings. The highest BCUT2D eigenvalue weighted by Gasteiger charge is 2.29. The van der Waals surface area contributed by atoms with Gasteiger partial charge in [0.2, 0.25) is 0 Å². The number of carbonyl (C=O) groups excluding carboxylic acids is 1. The van der Waals surface area contributed by atoms with Crippen LogP contribution in [0.3, 0.4) is 0 Å². The molecule has 2 aliphatic heterocycles. The predicted molar refractivity (Wildman–Crippen MR) is 131 cm³/mol. The van der Waals surface area contributed by atoms with Crippen molar-refractivity contribution in [3.63, 3.8) is 0 Å². The van der Waals surface area contributed by atoms with Gasteiger partial charge in [-0.15, -0.1) is 11.3 Å². The van der Waals surface area contributed by atoms with Crippen LogP contribution in [0, 0.1) is 5.82 Å². The summed E-state index contributed by atoms with van der Waals surface area (Å²) >= 11 is 1.82. The minimum atomic E-state index is -0.460. The third kappa shape index (κ3) is 4.22. The highest BCUT2D eigenvalue weighted by atomic mass is 32.1.